The minimum atomic E-state index is 0.606. The predicted molar refractivity (Wildman–Crippen MR) is 97.5 cm³/mol. The summed E-state index contributed by atoms with van der Waals surface area (Å²) in [6.07, 6.45) is 0. The molecule has 0 atom stereocenters. The molecule has 0 aromatic heterocycles. The highest BCUT2D eigenvalue weighted by molar-refractivity contribution is 8.22. The Morgan fingerprint density at radius 2 is 1.20 bits per heavy atom. The molecular formula is C14H18O2S4. The SMILES string of the molecule is CCOC(=S)SCc1ccc(CSC(=S)OCC)cc1. The summed E-state index contributed by atoms with van der Waals surface area (Å²) in [4.78, 5) is 0. The molecule has 0 heterocycles. The lowest BCUT2D eigenvalue weighted by molar-refractivity contribution is 0.346. The van der Waals surface area contributed by atoms with Gasteiger partial charge in [-0.3, -0.25) is 0 Å². The zero-order chi connectivity index (χ0) is 14.8. The summed E-state index contributed by atoms with van der Waals surface area (Å²) in [5, 5.41) is 0. The third-order valence-electron chi connectivity index (χ3n) is 2.26. The second-order valence-corrected chi connectivity index (χ2v) is 6.91. The van der Waals surface area contributed by atoms with Gasteiger partial charge in [0.25, 0.3) is 0 Å². The van der Waals surface area contributed by atoms with Gasteiger partial charge in [-0.15, -0.1) is 0 Å². The topological polar surface area (TPSA) is 18.5 Å². The minimum Gasteiger partial charge on any atom is -0.479 e. The Morgan fingerprint density at radius 1 is 0.850 bits per heavy atom. The molecule has 0 saturated carbocycles. The number of rotatable bonds is 6. The standard InChI is InChI=1S/C14H18O2S4/c1-3-15-13(17)19-9-11-5-7-12(8-6-11)10-20-14(18)16-4-2/h5-8H,3-4,9-10H2,1-2H3. The first-order valence-electron chi connectivity index (χ1n) is 6.32. The van der Waals surface area contributed by atoms with Crippen molar-refractivity contribution in [3.05, 3.63) is 35.4 Å². The van der Waals surface area contributed by atoms with Gasteiger partial charge in [-0.2, -0.15) is 0 Å². The molecule has 0 amide bonds. The number of ether oxygens (including phenoxy) is 2. The van der Waals surface area contributed by atoms with Gasteiger partial charge >= 0.3 is 0 Å². The lowest BCUT2D eigenvalue weighted by atomic mass is 10.2. The summed E-state index contributed by atoms with van der Waals surface area (Å²) in [6, 6.07) is 8.45. The zero-order valence-electron chi connectivity index (χ0n) is 11.6. The van der Waals surface area contributed by atoms with E-state index in [0.717, 1.165) is 11.5 Å². The molecule has 0 radical (unpaired) electrons. The lowest BCUT2D eigenvalue weighted by Crippen LogP contribution is -1.97. The van der Waals surface area contributed by atoms with Crippen molar-refractivity contribution in [2.75, 3.05) is 13.2 Å². The quantitative estimate of drug-likeness (QED) is 0.684. The maximum absolute atomic E-state index is 5.24. The van der Waals surface area contributed by atoms with E-state index in [4.69, 9.17) is 33.9 Å². The van der Waals surface area contributed by atoms with Gasteiger partial charge in [-0.05, 0) is 49.4 Å². The first-order chi connectivity index (χ1) is 9.65. The van der Waals surface area contributed by atoms with Crippen molar-refractivity contribution < 1.29 is 9.47 Å². The van der Waals surface area contributed by atoms with Crippen LogP contribution < -0.4 is 0 Å². The Hall–Kier alpha value is -0.300. The lowest BCUT2D eigenvalue weighted by Gasteiger charge is -2.06. The van der Waals surface area contributed by atoms with Crippen LogP contribution >= 0.6 is 48.0 Å². The Morgan fingerprint density at radius 3 is 1.50 bits per heavy atom. The summed E-state index contributed by atoms with van der Waals surface area (Å²) in [5.74, 6) is 1.67. The highest BCUT2D eigenvalue weighted by Gasteiger charge is 2.02. The predicted octanol–water partition coefficient (Wildman–Crippen LogP) is 4.80. The highest BCUT2D eigenvalue weighted by atomic mass is 32.2. The molecule has 1 rings (SSSR count). The molecule has 20 heavy (non-hydrogen) atoms. The molecule has 1 aromatic rings. The van der Waals surface area contributed by atoms with Crippen molar-refractivity contribution in [3.8, 4) is 0 Å². The second-order valence-electron chi connectivity index (χ2n) is 3.76. The molecule has 0 bridgehead atoms. The van der Waals surface area contributed by atoms with Crippen LogP contribution in [-0.4, -0.2) is 22.0 Å². The van der Waals surface area contributed by atoms with Crippen LogP contribution in [0.25, 0.3) is 0 Å². The van der Waals surface area contributed by atoms with E-state index in [0.29, 0.717) is 22.0 Å². The third kappa shape index (κ3) is 7.47. The van der Waals surface area contributed by atoms with Crippen molar-refractivity contribution in [1.82, 2.24) is 0 Å². The van der Waals surface area contributed by atoms with E-state index in [-0.39, 0.29) is 0 Å². The fourth-order valence-corrected chi connectivity index (χ4v) is 3.28. The Kier molecular flexibility index (Phi) is 9.26. The summed E-state index contributed by atoms with van der Waals surface area (Å²) in [5.41, 5.74) is 2.47. The van der Waals surface area contributed by atoms with Gasteiger partial charge in [0.2, 0.25) is 8.77 Å². The van der Waals surface area contributed by atoms with Crippen LogP contribution in [0.15, 0.2) is 24.3 Å². The van der Waals surface area contributed by atoms with Crippen molar-refractivity contribution in [2.45, 2.75) is 25.4 Å². The first kappa shape index (κ1) is 17.8. The van der Waals surface area contributed by atoms with Crippen LogP contribution in [0.4, 0.5) is 0 Å². The van der Waals surface area contributed by atoms with Gasteiger partial charge in [0, 0.05) is 11.5 Å². The molecule has 1 aromatic carbocycles. The number of thioether (sulfide) groups is 2. The van der Waals surface area contributed by atoms with Gasteiger partial charge in [-0.25, -0.2) is 0 Å². The molecule has 6 heteroatoms. The smallest absolute Gasteiger partial charge is 0.220 e. The molecule has 0 aliphatic heterocycles. The fraction of sp³-hybridized carbons (Fsp3) is 0.429. The Balaban J connectivity index is 2.36. The molecule has 0 fully saturated rings. The summed E-state index contributed by atoms with van der Waals surface area (Å²) < 4.78 is 11.7. The van der Waals surface area contributed by atoms with Gasteiger partial charge < -0.3 is 9.47 Å². The van der Waals surface area contributed by atoms with Gasteiger partial charge in [0.15, 0.2) is 0 Å². The maximum atomic E-state index is 5.24. The summed E-state index contributed by atoms with van der Waals surface area (Å²) in [6.45, 7) is 5.13. The molecule has 0 unspecified atom stereocenters. The van der Waals surface area contributed by atoms with E-state index < -0.39 is 0 Å². The first-order valence-corrected chi connectivity index (χ1v) is 9.11. The molecule has 0 aliphatic carbocycles. The van der Waals surface area contributed by atoms with Crippen LogP contribution in [0.1, 0.15) is 25.0 Å². The van der Waals surface area contributed by atoms with Crippen molar-refractivity contribution >= 4 is 56.7 Å². The average Bonchev–Trinajstić information content (AvgIpc) is 2.45. The molecule has 0 aliphatic rings. The Bertz CT molecular complexity index is 390. The zero-order valence-corrected chi connectivity index (χ0v) is 14.9. The highest BCUT2D eigenvalue weighted by Crippen LogP contribution is 2.19. The number of hydrogen-bond donors (Lipinski definition) is 0. The molecule has 0 saturated heterocycles. The Labute approximate surface area is 140 Å². The molecule has 110 valence electrons. The average molecular weight is 347 g/mol. The molecule has 0 spiro atoms. The monoisotopic (exact) mass is 346 g/mol. The number of benzene rings is 1. The van der Waals surface area contributed by atoms with Crippen LogP contribution in [0.2, 0.25) is 0 Å². The van der Waals surface area contributed by atoms with Gasteiger partial charge in [0.1, 0.15) is 0 Å². The second kappa shape index (κ2) is 10.4. The maximum Gasteiger partial charge on any atom is 0.220 e. The van der Waals surface area contributed by atoms with Crippen molar-refractivity contribution in [3.63, 3.8) is 0 Å². The minimum absolute atomic E-state index is 0.606. The van der Waals surface area contributed by atoms with E-state index in [2.05, 4.69) is 24.3 Å². The molecule has 0 N–H and O–H groups in total. The largest absolute Gasteiger partial charge is 0.479 e. The van der Waals surface area contributed by atoms with Crippen LogP contribution in [0.3, 0.4) is 0 Å². The van der Waals surface area contributed by atoms with E-state index in [1.165, 1.54) is 11.1 Å². The normalized spacial score (nSPS) is 10.1. The molecular weight excluding hydrogens is 328 g/mol. The van der Waals surface area contributed by atoms with Crippen molar-refractivity contribution in [2.24, 2.45) is 0 Å². The van der Waals surface area contributed by atoms with Crippen LogP contribution in [0.5, 0.6) is 0 Å². The van der Waals surface area contributed by atoms with Gasteiger partial charge in [-0.1, -0.05) is 47.8 Å². The molecule has 2 nitrogen and oxygen atoms in total. The van der Waals surface area contributed by atoms with E-state index in [9.17, 15) is 0 Å². The van der Waals surface area contributed by atoms with Crippen LogP contribution in [0, 0.1) is 0 Å². The van der Waals surface area contributed by atoms with E-state index in [1.54, 1.807) is 23.5 Å². The number of hydrogen-bond acceptors (Lipinski definition) is 6. The summed E-state index contributed by atoms with van der Waals surface area (Å²) >= 11 is 13.3. The van der Waals surface area contributed by atoms with E-state index >= 15 is 0 Å². The van der Waals surface area contributed by atoms with Crippen molar-refractivity contribution in [1.29, 1.82) is 0 Å². The number of thiocarbonyl (C=S) groups is 2. The third-order valence-corrected chi connectivity index (χ3v) is 4.87. The van der Waals surface area contributed by atoms with Crippen LogP contribution in [-0.2, 0) is 21.0 Å². The van der Waals surface area contributed by atoms with E-state index in [1.807, 2.05) is 13.8 Å². The summed E-state index contributed by atoms with van der Waals surface area (Å²) in [7, 11) is 0. The van der Waals surface area contributed by atoms with Gasteiger partial charge in [0.05, 0.1) is 13.2 Å². The fourth-order valence-electron chi connectivity index (χ4n) is 1.34.